The summed E-state index contributed by atoms with van der Waals surface area (Å²) in [6.45, 7) is 1.91. The second-order valence-corrected chi connectivity index (χ2v) is 5.67. The van der Waals surface area contributed by atoms with E-state index < -0.39 is 6.10 Å². The van der Waals surface area contributed by atoms with Gasteiger partial charge in [-0.3, -0.25) is 0 Å². The molecular weight excluding hydrogens is 347 g/mol. The summed E-state index contributed by atoms with van der Waals surface area (Å²) in [5.74, 6) is 0.248. The van der Waals surface area contributed by atoms with Crippen LogP contribution in [0.3, 0.4) is 0 Å². The first-order valence-corrected chi connectivity index (χ1v) is 7.18. The molecule has 0 radical (unpaired) electrons. The molecule has 0 saturated carbocycles. The zero-order chi connectivity index (χ0) is 14.7. The Morgan fingerprint density at radius 2 is 2.05 bits per heavy atom. The highest BCUT2D eigenvalue weighted by atomic mass is 79.9. The fraction of sp³-hybridized carbons (Fsp3) is 0.200. The van der Waals surface area contributed by atoms with Crippen LogP contribution < -0.4 is 4.74 Å². The summed E-state index contributed by atoms with van der Waals surface area (Å²) in [5.41, 5.74) is 1.44. The van der Waals surface area contributed by atoms with Crippen LogP contribution in [0.2, 0.25) is 5.02 Å². The molecule has 0 heterocycles. The summed E-state index contributed by atoms with van der Waals surface area (Å²) < 4.78 is 19.3. The molecule has 1 atom stereocenters. The van der Waals surface area contributed by atoms with Crippen LogP contribution in [-0.4, -0.2) is 5.11 Å². The van der Waals surface area contributed by atoms with Crippen molar-refractivity contribution < 1.29 is 14.2 Å². The quantitative estimate of drug-likeness (QED) is 0.843. The Morgan fingerprint density at radius 1 is 1.30 bits per heavy atom. The Hall–Kier alpha value is -1.10. The van der Waals surface area contributed by atoms with Crippen LogP contribution in [0.15, 0.2) is 40.9 Å². The Balaban J connectivity index is 2.18. The van der Waals surface area contributed by atoms with Crippen molar-refractivity contribution in [2.45, 2.75) is 19.6 Å². The second kappa shape index (κ2) is 6.57. The van der Waals surface area contributed by atoms with E-state index in [4.69, 9.17) is 16.3 Å². The standard InChI is InChI=1S/C15H13BrClFO2/c1-9(19)13-6-11(17)3-5-15(13)20-8-10-2-4-12(18)7-14(10)16/h2-7,9,19H,8H2,1H3/t9-/m1/s1. The van der Waals surface area contributed by atoms with Crippen LogP contribution in [-0.2, 0) is 6.61 Å². The zero-order valence-corrected chi connectivity index (χ0v) is 13.1. The predicted octanol–water partition coefficient (Wildman–Crippen LogP) is 4.87. The van der Waals surface area contributed by atoms with Gasteiger partial charge in [-0.2, -0.15) is 0 Å². The van der Waals surface area contributed by atoms with E-state index in [0.29, 0.717) is 20.8 Å². The lowest BCUT2D eigenvalue weighted by Gasteiger charge is -2.14. The fourth-order valence-electron chi connectivity index (χ4n) is 1.77. The van der Waals surface area contributed by atoms with Crippen LogP contribution in [0.5, 0.6) is 5.75 Å². The van der Waals surface area contributed by atoms with Gasteiger partial charge in [-0.15, -0.1) is 0 Å². The van der Waals surface area contributed by atoms with Gasteiger partial charge in [0, 0.05) is 20.6 Å². The van der Waals surface area contributed by atoms with Crippen molar-refractivity contribution in [1.82, 2.24) is 0 Å². The van der Waals surface area contributed by atoms with Crippen molar-refractivity contribution in [2.24, 2.45) is 0 Å². The number of halogens is 3. The summed E-state index contributed by atoms with van der Waals surface area (Å²) in [6.07, 6.45) is -0.680. The molecule has 2 aromatic carbocycles. The van der Waals surface area contributed by atoms with Crippen LogP contribution in [0.25, 0.3) is 0 Å². The van der Waals surface area contributed by atoms with Crippen molar-refractivity contribution in [2.75, 3.05) is 0 Å². The van der Waals surface area contributed by atoms with Gasteiger partial charge in [0.05, 0.1) is 6.10 Å². The van der Waals surface area contributed by atoms with E-state index in [1.165, 1.54) is 12.1 Å². The van der Waals surface area contributed by atoms with Gasteiger partial charge in [0.15, 0.2) is 0 Å². The average Bonchev–Trinajstić information content (AvgIpc) is 2.38. The minimum Gasteiger partial charge on any atom is -0.488 e. The van der Waals surface area contributed by atoms with E-state index in [1.807, 2.05) is 0 Å². The van der Waals surface area contributed by atoms with Gasteiger partial charge >= 0.3 is 0 Å². The van der Waals surface area contributed by atoms with E-state index in [9.17, 15) is 9.50 Å². The number of aliphatic hydroxyl groups is 1. The first-order chi connectivity index (χ1) is 9.47. The van der Waals surface area contributed by atoms with Gasteiger partial charge in [-0.05, 0) is 37.3 Å². The van der Waals surface area contributed by atoms with Crippen molar-refractivity contribution in [1.29, 1.82) is 0 Å². The van der Waals surface area contributed by atoms with Crippen LogP contribution >= 0.6 is 27.5 Å². The highest BCUT2D eigenvalue weighted by molar-refractivity contribution is 9.10. The Bertz CT molecular complexity index is 617. The van der Waals surface area contributed by atoms with Crippen LogP contribution in [0.1, 0.15) is 24.2 Å². The third-order valence-corrected chi connectivity index (χ3v) is 3.79. The summed E-state index contributed by atoms with van der Waals surface area (Å²) in [6, 6.07) is 9.49. The van der Waals surface area contributed by atoms with Gasteiger partial charge in [0.25, 0.3) is 0 Å². The highest BCUT2D eigenvalue weighted by Crippen LogP contribution is 2.29. The monoisotopic (exact) mass is 358 g/mol. The molecule has 0 aliphatic heterocycles. The van der Waals surface area contributed by atoms with E-state index >= 15 is 0 Å². The molecule has 1 N–H and O–H groups in total. The normalized spacial score (nSPS) is 12.2. The van der Waals surface area contributed by atoms with Gasteiger partial charge in [0.2, 0.25) is 0 Å². The van der Waals surface area contributed by atoms with Crippen molar-refractivity contribution in [3.05, 3.63) is 62.8 Å². The molecule has 20 heavy (non-hydrogen) atoms. The third kappa shape index (κ3) is 3.72. The molecule has 0 aliphatic carbocycles. The lowest BCUT2D eigenvalue weighted by Crippen LogP contribution is -2.01. The molecular formula is C15H13BrClFO2. The highest BCUT2D eigenvalue weighted by Gasteiger charge is 2.11. The molecule has 0 aromatic heterocycles. The minimum absolute atomic E-state index is 0.266. The van der Waals surface area contributed by atoms with Crippen LogP contribution in [0.4, 0.5) is 4.39 Å². The first-order valence-electron chi connectivity index (χ1n) is 6.01. The van der Waals surface area contributed by atoms with Crippen molar-refractivity contribution in [3.63, 3.8) is 0 Å². The van der Waals surface area contributed by atoms with Crippen molar-refractivity contribution in [3.8, 4) is 5.75 Å². The summed E-state index contributed by atoms with van der Waals surface area (Å²) >= 11 is 9.19. The first kappa shape index (κ1) is 15.3. The number of aliphatic hydroxyl groups excluding tert-OH is 1. The Labute approximate surface area is 130 Å². The minimum atomic E-state index is -0.680. The van der Waals surface area contributed by atoms with E-state index in [1.54, 1.807) is 31.2 Å². The van der Waals surface area contributed by atoms with E-state index in [0.717, 1.165) is 5.56 Å². The SMILES string of the molecule is C[C@@H](O)c1cc(Cl)ccc1OCc1ccc(F)cc1Br. The number of hydrogen-bond acceptors (Lipinski definition) is 2. The number of hydrogen-bond donors (Lipinski definition) is 1. The van der Waals surface area contributed by atoms with Gasteiger partial charge in [0.1, 0.15) is 18.2 Å². The van der Waals surface area contributed by atoms with Gasteiger partial charge in [-0.1, -0.05) is 33.6 Å². The largest absolute Gasteiger partial charge is 0.488 e. The molecule has 5 heteroatoms. The third-order valence-electron chi connectivity index (χ3n) is 2.82. The molecule has 0 spiro atoms. The molecule has 0 saturated heterocycles. The number of benzene rings is 2. The molecule has 2 aromatic rings. The van der Waals surface area contributed by atoms with E-state index in [2.05, 4.69) is 15.9 Å². The average molecular weight is 360 g/mol. The molecule has 0 amide bonds. The topological polar surface area (TPSA) is 29.5 Å². The Morgan fingerprint density at radius 3 is 2.70 bits per heavy atom. The molecule has 2 nitrogen and oxygen atoms in total. The number of rotatable bonds is 4. The van der Waals surface area contributed by atoms with Crippen molar-refractivity contribution >= 4 is 27.5 Å². The summed E-state index contributed by atoms with van der Waals surface area (Å²) in [7, 11) is 0. The van der Waals surface area contributed by atoms with Gasteiger partial charge in [-0.25, -0.2) is 4.39 Å². The molecule has 2 rings (SSSR count). The Kier molecular flexibility index (Phi) is 5.02. The second-order valence-electron chi connectivity index (χ2n) is 4.38. The number of ether oxygens (including phenoxy) is 1. The molecule has 0 bridgehead atoms. The predicted molar refractivity (Wildman–Crippen MR) is 80.5 cm³/mol. The molecule has 0 unspecified atom stereocenters. The maximum atomic E-state index is 13.0. The fourth-order valence-corrected chi connectivity index (χ4v) is 2.42. The summed E-state index contributed by atoms with van der Waals surface area (Å²) in [4.78, 5) is 0. The zero-order valence-electron chi connectivity index (χ0n) is 10.7. The smallest absolute Gasteiger partial charge is 0.125 e. The molecule has 106 valence electrons. The molecule has 0 aliphatic rings. The maximum Gasteiger partial charge on any atom is 0.125 e. The molecule has 0 fully saturated rings. The van der Waals surface area contributed by atoms with Gasteiger partial charge < -0.3 is 9.84 Å². The van der Waals surface area contributed by atoms with Crippen LogP contribution in [0, 0.1) is 5.82 Å². The summed E-state index contributed by atoms with van der Waals surface area (Å²) in [5, 5.41) is 10.3. The van der Waals surface area contributed by atoms with E-state index in [-0.39, 0.29) is 12.4 Å². The lowest BCUT2D eigenvalue weighted by atomic mass is 10.1. The lowest BCUT2D eigenvalue weighted by molar-refractivity contribution is 0.190. The maximum absolute atomic E-state index is 13.0.